The second-order valence-electron chi connectivity index (χ2n) is 6.98. The SMILES string of the molecule is CSCCC(N)C(=O)NC(Cc1ccccc1)C(=O)NCC(=O)NC(C(=O)O)C(C)O. The molecule has 0 heterocycles. The first kappa shape index (κ1) is 26.4. The zero-order valence-corrected chi connectivity index (χ0v) is 18.4. The number of carboxylic acids is 1. The van der Waals surface area contributed by atoms with Crippen LogP contribution in [0, 0.1) is 0 Å². The summed E-state index contributed by atoms with van der Waals surface area (Å²) < 4.78 is 0. The number of carbonyl (C=O) groups excluding carboxylic acids is 3. The molecule has 0 aromatic heterocycles. The van der Waals surface area contributed by atoms with Gasteiger partial charge in [0.25, 0.3) is 0 Å². The smallest absolute Gasteiger partial charge is 0.328 e. The van der Waals surface area contributed by atoms with Crippen molar-refractivity contribution in [2.45, 2.75) is 44.0 Å². The monoisotopic (exact) mass is 454 g/mol. The minimum Gasteiger partial charge on any atom is -0.480 e. The number of aliphatic carboxylic acids is 1. The summed E-state index contributed by atoms with van der Waals surface area (Å²) in [6.45, 7) is 0.707. The Morgan fingerprint density at radius 2 is 1.74 bits per heavy atom. The zero-order chi connectivity index (χ0) is 23.4. The first-order valence-electron chi connectivity index (χ1n) is 9.72. The molecule has 172 valence electrons. The van der Waals surface area contributed by atoms with Gasteiger partial charge >= 0.3 is 5.97 Å². The number of hydrogen-bond donors (Lipinski definition) is 6. The summed E-state index contributed by atoms with van der Waals surface area (Å²) in [7, 11) is 0. The quantitative estimate of drug-likeness (QED) is 0.217. The van der Waals surface area contributed by atoms with Gasteiger partial charge in [0.2, 0.25) is 17.7 Å². The van der Waals surface area contributed by atoms with Crippen molar-refractivity contribution in [1.29, 1.82) is 0 Å². The Labute approximate surface area is 185 Å². The highest BCUT2D eigenvalue weighted by atomic mass is 32.2. The molecule has 0 saturated carbocycles. The van der Waals surface area contributed by atoms with Crippen LogP contribution in [0.25, 0.3) is 0 Å². The summed E-state index contributed by atoms with van der Waals surface area (Å²) in [5, 5.41) is 25.6. The van der Waals surface area contributed by atoms with Gasteiger partial charge in [-0.25, -0.2) is 4.79 Å². The van der Waals surface area contributed by atoms with Gasteiger partial charge in [-0.1, -0.05) is 30.3 Å². The third-order valence-electron chi connectivity index (χ3n) is 4.37. The van der Waals surface area contributed by atoms with Crippen molar-refractivity contribution in [2.75, 3.05) is 18.6 Å². The second-order valence-corrected chi connectivity index (χ2v) is 7.97. The fourth-order valence-corrected chi connectivity index (χ4v) is 3.11. The molecule has 0 saturated heterocycles. The van der Waals surface area contributed by atoms with Gasteiger partial charge < -0.3 is 31.9 Å². The Kier molecular flexibility index (Phi) is 11.6. The summed E-state index contributed by atoms with van der Waals surface area (Å²) in [6.07, 6.45) is 1.21. The molecule has 31 heavy (non-hydrogen) atoms. The lowest BCUT2D eigenvalue weighted by Crippen LogP contribution is -2.55. The van der Waals surface area contributed by atoms with E-state index in [1.54, 1.807) is 36.0 Å². The van der Waals surface area contributed by atoms with Gasteiger partial charge in [0.1, 0.15) is 6.04 Å². The van der Waals surface area contributed by atoms with Gasteiger partial charge in [0, 0.05) is 6.42 Å². The highest BCUT2D eigenvalue weighted by Gasteiger charge is 2.27. The molecule has 4 unspecified atom stereocenters. The number of nitrogens with two attached hydrogens (primary N) is 1. The average Bonchev–Trinajstić information content (AvgIpc) is 2.73. The highest BCUT2D eigenvalue weighted by molar-refractivity contribution is 7.98. The average molecular weight is 455 g/mol. The second kappa shape index (κ2) is 13.6. The molecule has 1 rings (SSSR count). The van der Waals surface area contributed by atoms with Gasteiger partial charge in [-0.3, -0.25) is 14.4 Å². The van der Waals surface area contributed by atoms with Crippen LogP contribution in [-0.4, -0.2) is 76.7 Å². The molecule has 0 aliphatic rings. The maximum absolute atomic E-state index is 12.7. The first-order valence-corrected chi connectivity index (χ1v) is 11.1. The summed E-state index contributed by atoms with van der Waals surface area (Å²) in [5.41, 5.74) is 6.67. The lowest BCUT2D eigenvalue weighted by atomic mass is 10.0. The minimum atomic E-state index is -1.50. The number of amides is 3. The van der Waals surface area contributed by atoms with E-state index in [-0.39, 0.29) is 6.42 Å². The van der Waals surface area contributed by atoms with E-state index >= 15 is 0 Å². The van der Waals surface area contributed by atoms with Crippen LogP contribution in [0.3, 0.4) is 0 Å². The third-order valence-corrected chi connectivity index (χ3v) is 5.02. The topological polar surface area (TPSA) is 171 Å². The number of aliphatic hydroxyl groups excluding tert-OH is 1. The van der Waals surface area contributed by atoms with Crippen LogP contribution in [0.1, 0.15) is 18.9 Å². The van der Waals surface area contributed by atoms with Crippen molar-refractivity contribution in [3.05, 3.63) is 35.9 Å². The standard InChI is InChI=1S/C20H30N4O6S/c1-12(25)17(20(29)30)24-16(26)11-22-19(28)15(10-13-6-4-3-5-7-13)23-18(27)14(21)8-9-31-2/h3-7,12,14-15,17,25H,8-11,21H2,1-2H3,(H,22,28)(H,23,27)(H,24,26)(H,29,30). The first-order chi connectivity index (χ1) is 14.6. The molecule has 7 N–H and O–H groups in total. The molecule has 4 atom stereocenters. The number of benzene rings is 1. The predicted octanol–water partition coefficient (Wildman–Crippen LogP) is -1.14. The van der Waals surface area contributed by atoms with Crippen LogP contribution in [-0.2, 0) is 25.6 Å². The Balaban J connectivity index is 2.77. The van der Waals surface area contributed by atoms with Crippen molar-refractivity contribution >= 4 is 35.5 Å². The molecule has 0 fully saturated rings. The summed E-state index contributed by atoms with van der Waals surface area (Å²) >= 11 is 1.55. The number of nitrogens with one attached hydrogen (secondary N) is 3. The molecule has 11 heteroatoms. The van der Waals surface area contributed by atoms with Crippen molar-refractivity contribution in [2.24, 2.45) is 5.73 Å². The number of thioether (sulfide) groups is 1. The van der Waals surface area contributed by atoms with E-state index in [4.69, 9.17) is 10.8 Å². The van der Waals surface area contributed by atoms with Gasteiger partial charge in [-0.05, 0) is 30.9 Å². The number of carbonyl (C=O) groups is 4. The Morgan fingerprint density at radius 1 is 1.10 bits per heavy atom. The molecular weight excluding hydrogens is 424 g/mol. The van der Waals surface area contributed by atoms with Crippen molar-refractivity contribution < 1.29 is 29.4 Å². The lowest BCUT2D eigenvalue weighted by Gasteiger charge is -2.21. The fraction of sp³-hybridized carbons (Fsp3) is 0.500. The largest absolute Gasteiger partial charge is 0.480 e. The number of carboxylic acid groups (broad SMARTS) is 1. The zero-order valence-electron chi connectivity index (χ0n) is 17.5. The number of hydrogen-bond acceptors (Lipinski definition) is 7. The fourth-order valence-electron chi connectivity index (χ4n) is 2.62. The van der Waals surface area contributed by atoms with E-state index < -0.39 is 54.5 Å². The van der Waals surface area contributed by atoms with Gasteiger partial charge in [0.05, 0.1) is 18.7 Å². The van der Waals surface area contributed by atoms with Crippen LogP contribution >= 0.6 is 11.8 Å². The summed E-state index contributed by atoms with van der Waals surface area (Å²) in [5.74, 6) is -2.59. The van der Waals surface area contributed by atoms with Crippen molar-refractivity contribution in [3.8, 4) is 0 Å². The predicted molar refractivity (Wildman–Crippen MR) is 117 cm³/mol. The van der Waals surface area contributed by atoms with Crippen molar-refractivity contribution in [1.82, 2.24) is 16.0 Å². The third kappa shape index (κ3) is 9.81. The van der Waals surface area contributed by atoms with Gasteiger partial charge in [0.15, 0.2) is 6.04 Å². The van der Waals surface area contributed by atoms with E-state index in [0.717, 1.165) is 5.56 Å². The Hall–Kier alpha value is -2.63. The maximum Gasteiger partial charge on any atom is 0.328 e. The molecule has 3 amide bonds. The van der Waals surface area contributed by atoms with E-state index in [9.17, 15) is 24.3 Å². The molecule has 0 aliphatic carbocycles. The van der Waals surface area contributed by atoms with Crippen molar-refractivity contribution in [3.63, 3.8) is 0 Å². The number of rotatable bonds is 13. The van der Waals surface area contributed by atoms with Crippen LogP contribution in [0.5, 0.6) is 0 Å². The summed E-state index contributed by atoms with van der Waals surface area (Å²) in [6, 6.07) is 5.76. The van der Waals surface area contributed by atoms with Crippen LogP contribution in [0.15, 0.2) is 30.3 Å². The van der Waals surface area contributed by atoms with Crippen LogP contribution in [0.2, 0.25) is 0 Å². The number of aliphatic hydroxyl groups is 1. The van der Waals surface area contributed by atoms with Gasteiger partial charge in [-0.15, -0.1) is 0 Å². The molecular formula is C20H30N4O6S. The Bertz CT molecular complexity index is 746. The molecule has 10 nitrogen and oxygen atoms in total. The molecule has 0 bridgehead atoms. The van der Waals surface area contributed by atoms with E-state index in [1.165, 1.54) is 6.92 Å². The van der Waals surface area contributed by atoms with Crippen LogP contribution in [0.4, 0.5) is 0 Å². The van der Waals surface area contributed by atoms with E-state index in [2.05, 4.69) is 16.0 Å². The minimum absolute atomic E-state index is 0.181. The normalized spacial score (nSPS) is 14.6. The van der Waals surface area contributed by atoms with Crippen LogP contribution < -0.4 is 21.7 Å². The lowest BCUT2D eigenvalue weighted by molar-refractivity contribution is -0.144. The highest BCUT2D eigenvalue weighted by Crippen LogP contribution is 2.05. The van der Waals surface area contributed by atoms with Gasteiger partial charge in [-0.2, -0.15) is 11.8 Å². The van der Waals surface area contributed by atoms with E-state index in [1.807, 2.05) is 12.3 Å². The molecule has 0 radical (unpaired) electrons. The Morgan fingerprint density at radius 3 is 2.29 bits per heavy atom. The maximum atomic E-state index is 12.7. The molecule has 0 spiro atoms. The molecule has 1 aromatic carbocycles. The molecule has 1 aromatic rings. The van der Waals surface area contributed by atoms with E-state index in [0.29, 0.717) is 12.2 Å². The molecule has 0 aliphatic heterocycles. The summed E-state index contributed by atoms with van der Waals surface area (Å²) in [4.78, 5) is 48.1.